The quantitative estimate of drug-likeness (QED) is 0.691. The second-order valence-corrected chi connectivity index (χ2v) is 10.3. The lowest BCUT2D eigenvalue weighted by molar-refractivity contribution is -0.149. The summed E-state index contributed by atoms with van der Waals surface area (Å²) in [4.78, 5) is 27.5. The van der Waals surface area contributed by atoms with E-state index in [1.54, 1.807) is 0 Å². The van der Waals surface area contributed by atoms with Crippen molar-refractivity contribution in [2.45, 2.75) is 69.3 Å². The predicted molar refractivity (Wildman–Crippen MR) is 130 cm³/mol. The lowest BCUT2D eigenvalue weighted by atomic mass is 9.83. The number of nitrogens with zero attached hydrogens (tertiary/aromatic N) is 1. The topological polar surface area (TPSA) is 88.1 Å². The molecular weight excluding hydrogens is 444 g/mol. The van der Waals surface area contributed by atoms with Crippen LogP contribution in [0.2, 0.25) is 0 Å². The molecule has 3 aliphatic heterocycles. The van der Waals surface area contributed by atoms with Crippen LogP contribution < -0.4 is 10.1 Å². The van der Waals surface area contributed by atoms with Crippen LogP contribution in [0, 0.1) is 5.92 Å². The van der Waals surface area contributed by atoms with Crippen LogP contribution in [0.1, 0.15) is 54.7 Å². The molecule has 2 amide bonds. The number of hydrogen-bond acceptors (Lipinski definition) is 5. The molecule has 0 aromatic heterocycles. The first-order valence-electron chi connectivity index (χ1n) is 12.8. The number of hydrogen-bond donors (Lipinski definition) is 2. The van der Waals surface area contributed by atoms with E-state index in [0.29, 0.717) is 19.5 Å². The van der Waals surface area contributed by atoms with E-state index in [-0.39, 0.29) is 48.9 Å². The minimum Gasteiger partial charge on any atom is -0.487 e. The fourth-order valence-electron chi connectivity index (χ4n) is 5.91. The number of anilines is 1. The number of carbonyl (C=O) groups is 2. The maximum atomic E-state index is 13.2. The number of amides is 2. The molecule has 4 aliphatic rings. The zero-order valence-electron chi connectivity index (χ0n) is 19.8. The van der Waals surface area contributed by atoms with Crippen LogP contribution >= 0.6 is 0 Å². The van der Waals surface area contributed by atoms with Gasteiger partial charge in [0.15, 0.2) is 0 Å². The van der Waals surface area contributed by atoms with Gasteiger partial charge >= 0.3 is 0 Å². The molecule has 3 heterocycles. The van der Waals surface area contributed by atoms with Crippen molar-refractivity contribution in [2.24, 2.45) is 5.92 Å². The number of nitrogens with one attached hydrogen (secondary N) is 1. The molecule has 6 rings (SSSR count). The molecule has 1 aliphatic carbocycles. The molecule has 2 N–H and O–H groups in total. The highest BCUT2D eigenvalue weighted by molar-refractivity contribution is 5.93. The van der Waals surface area contributed by atoms with Gasteiger partial charge in [0.05, 0.1) is 19.1 Å². The van der Waals surface area contributed by atoms with Gasteiger partial charge in [-0.15, -0.1) is 0 Å². The van der Waals surface area contributed by atoms with Crippen molar-refractivity contribution in [1.29, 1.82) is 0 Å². The lowest BCUT2D eigenvalue weighted by Gasteiger charge is -2.38. The third-order valence-corrected chi connectivity index (χ3v) is 8.13. The second kappa shape index (κ2) is 9.28. The van der Waals surface area contributed by atoms with E-state index in [1.165, 1.54) is 11.1 Å². The summed E-state index contributed by atoms with van der Waals surface area (Å²) >= 11 is 0. The highest BCUT2D eigenvalue weighted by atomic mass is 16.6. The molecule has 35 heavy (non-hydrogen) atoms. The Kier molecular flexibility index (Phi) is 5.98. The SMILES string of the molecule is O=C(Nc1ccc2c(c1)[C@H]1C[C@H](CC(=O)N3CCc4ccccc4C3)O[C@H](CO)[C@H]1O2)C1CCC1. The maximum Gasteiger partial charge on any atom is 0.227 e. The van der Waals surface area contributed by atoms with E-state index in [2.05, 4.69) is 17.4 Å². The Bertz CT molecular complexity index is 1130. The molecule has 1 saturated carbocycles. The third-order valence-electron chi connectivity index (χ3n) is 8.13. The Morgan fingerprint density at radius 2 is 1.94 bits per heavy atom. The minimum absolute atomic E-state index is 0.0105. The average Bonchev–Trinajstić information content (AvgIpc) is 3.20. The Morgan fingerprint density at radius 1 is 1.11 bits per heavy atom. The van der Waals surface area contributed by atoms with Crippen LogP contribution in [-0.2, 0) is 27.3 Å². The van der Waals surface area contributed by atoms with Crippen LogP contribution in [0.4, 0.5) is 5.69 Å². The van der Waals surface area contributed by atoms with Gasteiger partial charge in [0.25, 0.3) is 0 Å². The molecule has 2 aromatic rings. The summed E-state index contributed by atoms with van der Waals surface area (Å²) in [5.41, 5.74) is 4.32. The monoisotopic (exact) mass is 476 g/mol. The normalized spacial score (nSPS) is 27.2. The summed E-state index contributed by atoms with van der Waals surface area (Å²) < 4.78 is 12.3. The Balaban J connectivity index is 1.15. The van der Waals surface area contributed by atoms with Gasteiger partial charge in [-0.05, 0) is 55.0 Å². The molecule has 0 bridgehead atoms. The molecule has 2 fully saturated rings. The number of aliphatic hydroxyl groups excluding tert-OH is 1. The van der Waals surface area contributed by atoms with Crippen LogP contribution in [0.5, 0.6) is 5.75 Å². The Hall–Kier alpha value is -2.90. The van der Waals surface area contributed by atoms with Crippen molar-refractivity contribution >= 4 is 17.5 Å². The van der Waals surface area contributed by atoms with E-state index in [9.17, 15) is 14.7 Å². The molecule has 2 aromatic carbocycles. The van der Waals surface area contributed by atoms with E-state index < -0.39 is 6.10 Å². The highest BCUT2D eigenvalue weighted by Crippen LogP contribution is 2.47. The van der Waals surface area contributed by atoms with Crippen molar-refractivity contribution in [3.63, 3.8) is 0 Å². The fraction of sp³-hybridized carbons (Fsp3) is 0.500. The number of aliphatic hydroxyl groups is 1. The van der Waals surface area contributed by atoms with E-state index in [0.717, 1.165) is 42.7 Å². The molecule has 0 spiro atoms. The first-order valence-corrected chi connectivity index (χ1v) is 12.8. The molecule has 184 valence electrons. The van der Waals surface area contributed by atoms with Gasteiger partial charge in [0.1, 0.15) is 18.0 Å². The van der Waals surface area contributed by atoms with Crippen LogP contribution in [0.3, 0.4) is 0 Å². The first kappa shape index (κ1) is 22.6. The molecule has 0 radical (unpaired) electrons. The standard InChI is InChI=1S/C28H32N2O5/c31-16-25-27-23(22-12-20(8-9-24(22)35-27)29-28(33)18-6-3-7-18)13-21(34-25)14-26(32)30-11-10-17-4-1-2-5-19(17)15-30/h1-2,4-5,8-9,12,18,21,23,25,27,31H,3,6-7,10-11,13-16H2,(H,29,33)/t21-,23-,25-,27+/m1/s1. The highest BCUT2D eigenvalue weighted by Gasteiger charge is 2.46. The van der Waals surface area contributed by atoms with Gasteiger partial charge in [-0.25, -0.2) is 0 Å². The number of rotatable bonds is 5. The van der Waals surface area contributed by atoms with Crippen molar-refractivity contribution < 1.29 is 24.2 Å². The largest absolute Gasteiger partial charge is 0.487 e. The van der Waals surface area contributed by atoms with E-state index in [1.807, 2.05) is 35.2 Å². The fourth-order valence-corrected chi connectivity index (χ4v) is 5.91. The number of carbonyl (C=O) groups excluding carboxylic acids is 2. The molecule has 7 nitrogen and oxygen atoms in total. The number of benzene rings is 2. The first-order chi connectivity index (χ1) is 17.1. The van der Waals surface area contributed by atoms with Crippen molar-refractivity contribution in [3.05, 3.63) is 59.2 Å². The van der Waals surface area contributed by atoms with Crippen LogP contribution in [-0.4, -0.2) is 53.3 Å². The summed E-state index contributed by atoms with van der Waals surface area (Å²) in [6.07, 6.45) is 3.76. The summed E-state index contributed by atoms with van der Waals surface area (Å²) in [7, 11) is 0. The van der Waals surface area contributed by atoms with Crippen molar-refractivity contribution in [2.75, 3.05) is 18.5 Å². The van der Waals surface area contributed by atoms with Crippen LogP contribution in [0.15, 0.2) is 42.5 Å². The van der Waals surface area contributed by atoms with Gasteiger partial charge in [0.2, 0.25) is 11.8 Å². The van der Waals surface area contributed by atoms with Gasteiger partial charge in [-0.3, -0.25) is 9.59 Å². The summed E-state index contributed by atoms with van der Waals surface area (Å²) in [6.45, 7) is 1.18. The van der Waals surface area contributed by atoms with Gasteiger partial charge in [0, 0.05) is 36.2 Å². The number of fused-ring (bicyclic) bond motifs is 4. The minimum atomic E-state index is -0.492. The van der Waals surface area contributed by atoms with Crippen molar-refractivity contribution in [1.82, 2.24) is 4.90 Å². The number of ether oxygens (including phenoxy) is 2. The third kappa shape index (κ3) is 4.32. The van der Waals surface area contributed by atoms with Crippen LogP contribution in [0.25, 0.3) is 0 Å². The molecule has 4 atom stereocenters. The summed E-state index contributed by atoms with van der Waals surface area (Å²) in [5.74, 6) is 1.06. The smallest absolute Gasteiger partial charge is 0.227 e. The van der Waals surface area contributed by atoms with Gasteiger partial charge in [-0.1, -0.05) is 30.7 Å². The van der Waals surface area contributed by atoms with E-state index in [4.69, 9.17) is 9.47 Å². The van der Waals surface area contributed by atoms with Gasteiger partial charge < -0.3 is 24.8 Å². The maximum absolute atomic E-state index is 13.2. The van der Waals surface area contributed by atoms with Crippen molar-refractivity contribution in [3.8, 4) is 5.75 Å². The average molecular weight is 477 g/mol. The molecule has 1 saturated heterocycles. The molecule has 0 unspecified atom stereocenters. The Labute approximate surface area is 205 Å². The zero-order chi connectivity index (χ0) is 23.9. The summed E-state index contributed by atoms with van der Waals surface area (Å²) in [5, 5.41) is 13.1. The lowest BCUT2D eigenvalue weighted by Crippen LogP contribution is -2.48. The van der Waals surface area contributed by atoms with E-state index >= 15 is 0 Å². The second-order valence-electron chi connectivity index (χ2n) is 10.3. The summed E-state index contributed by atoms with van der Waals surface area (Å²) in [6, 6.07) is 14.0. The van der Waals surface area contributed by atoms with Gasteiger partial charge in [-0.2, -0.15) is 0 Å². The Morgan fingerprint density at radius 3 is 2.71 bits per heavy atom. The molecule has 7 heteroatoms. The zero-order valence-corrected chi connectivity index (χ0v) is 19.8. The molecular formula is C28H32N2O5. The predicted octanol–water partition coefficient (Wildman–Crippen LogP) is 3.39.